The lowest BCUT2D eigenvalue weighted by molar-refractivity contribution is -0.114. The molecular formula is C20H24N4O4S. The molecule has 2 heterocycles. The summed E-state index contributed by atoms with van der Waals surface area (Å²) in [6, 6.07) is 6.68. The predicted molar refractivity (Wildman–Crippen MR) is 111 cm³/mol. The summed E-state index contributed by atoms with van der Waals surface area (Å²) in [7, 11) is 0. The molecule has 3 amide bonds. The molecule has 1 aromatic carbocycles. The fourth-order valence-corrected chi connectivity index (χ4v) is 3.86. The Morgan fingerprint density at radius 2 is 1.97 bits per heavy atom. The van der Waals surface area contributed by atoms with Crippen molar-refractivity contribution in [2.75, 3.05) is 17.2 Å². The van der Waals surface area contributed by atoms with Gasteiger partial charge in [0.05, 0.1) is 12.2 Å². The average molecular weight is 417 g/mol. The minimum Gasteiger partial charge on any atom is -0.444 e. The van der Waals surface area contributed by atoms with Gasteiger partial charge in [0.2, 0.25) is 5.91 Å². The Morgan fingerprint density at radius 3 is 2.66 bits per heavy atom. The molecule has 2 aromatic rings. The summed E-state index contributed by atoms with van der Waals surface area (Å²) in [6.45, 7) is 7.85. The van der Waals surface area contributed by atoms with Gasteiger partial charge in [0.1, 0.15) is 5.60 Å². The van der Waals surface area contributed by atoms with Crippen LogP contribution < -0.4 is 10.6 Å². The molecular weight excluding hydrogens is 392 g/mol. The van der Waals surface area contributed by atoms with Crippen LogP contribution in [0.25, 0.3) is 0 Å². The van der Waals surface area contributed by atoms with Gasteiger partial charge < -0.3 is 15.0 Å². The SMILES string of the molecule is CC(=O)Nc1cccc(C(=O)Nc2nc3c(s2)CN(C(=O)OC(C)(C)C)CC3)c1. The molecule has 2 N–H and O–H groups in total. The van der Waals surface area contributed by atoms with Crippen molar-refractivity contribution in [1.82, 2.24) is 9.88 Å². The zero-order valence-corrected chi connectivity index (χ0v) is 17.7. The number of rotatable bonds is 3. The molecule has 154 valence electrons. The molecule has 0 saturated heterocycles. The van der Waals surface area contributed by atoms with Crippen molar-refractivity contribution in [3.63, 3.8) is 0 Å². The zero-order valence-electron chi connectivity index (χ0n) is 16.9. The highest BCUT2D eigenvalue weighted by Crippen LogP contribution is 2.29. The fraction of sp³-hybridized carbons (Fsp3) is 0.400. The lowest BCUT2D eigenvalue weighted by Crippen LogP contribution is -2.39. The summed E-state index contributed by atoms with van der Waals surface area (Å²) in [5.41, 5.74) is 1.31. The summed E-state index contributed by atoms with van der Waals surface area (Å²) in [5.74, 6) is -0.517. The van der Waals surface area contributed by atoms with E-state index < -0.39 is 5.60 Å². The molecule has 3 rings (SSSR count). The summed E-state index contributed by atoms with van der Waals surface area (Å²) in [4.78, 5) is 43.1. The first-order chi connectivity index (χ1) is 13.6. The van der Waals surface area contributed by atoms with Gasteiger partial charge in [-0.25, -0.2) is 9.78 Å². The van der Waals surface area contributed by atoms with E-state index in [1.807, 2.05) is 20.8 Å². The van der Waals surface area contributed by atoms with Crippen molar-refractivity contribution in [1.29, 1.82) is 0 Å². The second-order valence-electron chi connectivity index (χ2n) is 7.76. The molecule has 1 aliphatic heterocycles. The van der Waals surface area contributed by atoms with Crippen LogP contribution in [0.3, 0.4) is 0 Å². The van der Waals surface area contributed by atoms with Gasteiger partial charge >= 0.3 is 6.09 Å². The number of ether oxygens (including phenoxy) is 1. The van der Waals surface area contributed by atoms with E-state index in [0.717, 1.165) is 10.6 Å². The number of carbonyl (C=O) groups is 3. The van der Waals surface area contributed by atoms with Gasteiger partial charge in [0.25, 0.3) is 5.91 Å². The normalized spacial score (nSPS) is 13.4. The third-order valence-corrected chi connectivity index (χ3v) is 5.05. The van der Waals surface area contributed by atoms with Crippen LogP contribution in [0.2, 0.25) is 0 Å². The van der Waals surface area contributed by atoms with E-state index in [0.29, 0.717) is 35.9 Å². The maximum absolute atomic E-state index is 12.6. The van der Waals surface area contributed by atoms with Crippen LogP contribution in [0.5, 0.6) is 0 Å². The maximum Gasteiger partial charge on any atom is 0.410 e. The quantitative estimate of drug-likeness (QED) is 0.795. The molecule has 9 heteroatoms. The molecule has 0 saturated carbocycles. The first-order valence-electron chi connectivity index (χ1n) is 9.26. The summed E-state index contributed by atoms with van der Waals surface area (Å²) in [5, 5.41) is 5.94. The van der Waals surface area contributed by atoms with Crippen LogP contribution >= 0.6 is 11.3 Å². The third kappa shape index (κ3) is 5.54. The Hall–Kier alpha value is -2.94. The van der Waals surface area contributed by atoms with E-state index in [4.69, 9.17) is 4.74 Å². The van der Waals surface area contributed by atoms with Crippen molar-refractivity contribution in [3.8, 4) is 0 Å². The molecule has 1 aliphatic rings. The van der Waals surface area contributed by atoms with Gasteiger partial charge in [-0.2, -0.15) is 0 Å². The van der Waals surface area contributed by atoms with Gasteiger partial charge in [0.15, 0.2) is 5.13 Å². The van der Waals surface area contributed by atoms with Gasteiger partial charge in [-0.15, -0.1) is 0 Å². The number of amides is 3. The lowest BCUT2D eigenvalue weighted by atomic mass is 10.2. The lowest BCUT2D eigenvalue weighted by Gasteiger charge is -2.29. The minimum absolute atomic E-state index is 0.204. The molecule has 0 atom stereocenters. The molecule has 1 aromatic heterocycles. The second kappa shape index (κ2) is 8.20. The number of hydrogen-bond donors (Lipinski definition) is 2. The summed E-state index contributed by atoms with van der Waals surface area (Å²) in [6.07, 6.45) is 0.260. The first kappa shape index (κ1) is 20.8. The van der Waals surface area contributed by atoms with Gasteiger partial charge in [0, 0.05) is 36.0 Å². The van der Waals surface area contributed by atoms with E-state index >= 15 is 0 Å². The van der Waals surface area contributed by atoms with E-state index in [1.165, 1.54) is 18.3 Å². The number of anilines is 2. The van der Waals surface area contributed by atoms with Gasteiger partial charge in [-0.1, -0.05) is 17.4 Å². The van der Waals surface area contributed by atoms with Gasteiger partial charge in [-0.05, 0) is 39.0 Å². The monoisotopic (exact) mass is 416 g/mol. The van der Waals surface area contributed by atoms with Crippen LogP contribution in [-0.2, 0) is 22.5 Å². The van der Waals surface area contributed by atoms with Crippen LogP contribution in [-0.4, -0.2) is 39.9 Å². The minimum atomic E-state index is -0.546. The Kier molecular flexibility index (Phi) is 5.88. The highest BCUT2D eigenvalue weighted by atomic mass is 32.1. The molecule has 8 nitrogen and oxygen atoms in total. The summed E-state index contributed by atoms with van der Waals surface area (Å²) < 4.78 is 5.43. The Bertz CT molecular complexity index is 948. The number of thiazole rings is 1. The molecule has 0 fully saturated rings. The van der Waals surface area contributed by atoms with Crippen molar-refractivity contribution >= 4 is 40.1 Å². The van der Waals surface area contributed by atoms with Crippen LogP contribution in [0, 0.1) is 0 Å². The van der Waals surface area contributed by atoms with Crippen molar-refractivity contribution < 1.29 is 19.1 Å². The van der Waals surface area contributed by atoms with E-state index in [1.54, 1.807) is 29.2 Å². The number of nitrogens with one attached hydrogen (secondary N) is 2. The Balaban J connectivity index is 1.67. The number of hydrogen-bond acceptors (Lipinski definition) is 6. The Labute approximate surface area is 173 Å². The molecule has 0 aliphatic carbocycles. The number of fused-ring (bicyclic) bond motifs is 1. The molecule has 0 unspecified atom stereocenters. The highest BCUT2D eigenvalue weighted by Gasteiger charge is 2.28. The molecule has 0 spiro atoms. The largest absolute Gasteiger partial charge is 0.444 e. The smallest absolute Gasteiger partial charge is 0.410 e. The maximum atomic E-state index is 12.6. The highest BCUT2D eigenvalue weighted by molar-refractivity contribution is 7.15. The number of aromatic nitrogens is 1. The van der Waals surface area contributed by atoms with E-state index in [-0.39, 0.29) is 17.9 Å². The Morgan fingerprint density at radius 1 is 1.21 bits per heavy atom. The fourth-order valence-electron chi connectivity index (χ4n) is 2.84. The van der Waals surface area contributed by atoms with Crippen molar-refractivity contribution in [2.45, 2.75) is 46.3 Å². The third-order valence-electron chi connectivity index (χ3n) is 4.05. The molecule has 0 radical (unpaired) electrons. The number of benzene rings is 1. The van der Waals surface area contributed by atoms with Crippen LogP contribution in [0.1, 0.15) is 48.6 Å². The van der Waals surface area contributed by atoms with Gasteiger partial charge in [-0.3, -0.25) is 14.9 Å². The van der Waals surface area contributed by atoms with Crippen LogP contribution in [0.4, 0.5) is 15.6 Å². The predicted octanol–water partition coefficient (Wildman–Crippen LogP) is 3.65. The van der Waals surface area contributed by atoms with Crippen molar-refractivity contribution in [3.05, 3.63) is 40.4 Å². The standard InChI is InChI=1S/C20H24N4O4S/c1-12(25)21-14-7-5-6-13(10-14)17(26)23-18-22-15-8-9-24(11-16(15)29-18)19(27)28-20(2,3)4/h5-7,10H,8-9,11H2,1-4H3,(H,21,25)(H,22,23,26). The summed E-state index contributed by atoms with van der Waals surface area (Å²) >= 11 is 1.35. The topological polar surface area (TPSA) is 101 Å². The van der Waals surface area contributed by atoms with E-state index in [2.05, 4.69) is 15.6 Å². The first-order valence-corrected chi connectivity index (χ1v) is 10.1. The van der Waals surface area contributed by atoms with Crippen molar-refractivity contribution in [2.24, 2.45) is 0 Å². The molecule has 29 heavy (non-hydrogen) atoms. The number of carbonyl (C=O) groups excluding carboxylic acids is 3. The van der Waals surface area contributed by atoms with E-state index in [9.17, 15) is 14.4 Å². The van der Waals surface area contributed by atoms with Crippen LogP contribution in [0.15, 0.2) is 24.3 Å². The molecule has 0 bridgehead atoms. The second-order valence-corrected chi connectivity index (χ2v) is 8.84. The number of nitrogens with zero attached hydrogens (tertiary/aromatic N) is 2. The zero-order chi connectivity index (χ0) is 21.2. The average Bonchev–Trinajstić information content (AvgIpc) is 3.01.